The zero-order chi connectivity index (χ0) is 14.9. The van der Waals surface area contributed by atoms with Crippen LogP contribution in [0.25, 0.3) is 11.0 Å². The molecule has 3 aliphatic heterocycles. The van der Waals surface area contributed by atoms with Crippen molar-refractivity contribution in [2.75, 3.05) is 18.4 Å². The van der Waals surface area contributed by atoms with Gasteiger partial charge in [-0.05, 0) is 50.8 Å². The molecule has 0 unspecified atom stereocenters. The maximum atomic E-state index is 13.8. The number of benzene rings is 1. The molecule has 2 bridgehead atoms. The molecule has 1 N–H and O–H groups in total. The number of anilines is 1. The zero-order valence-electron chi connectivity index (χ0n) is 12.5. The van der Waals surface area contributed by atoms with Gasteiger partial charge in [-0.3, -0.25) is 4.90 Å². The van der Waals surface area contributed by atoms with Crippen molar-refractivity contribution in [1.82, 2.24) is 10.1 Å². The van der Waals surface area contributed by atoms with Gasteiger partial charge >= 0.3 is 0 Å². The maximum absolute atomic E-state index is 13.8. The smallest absolute Gasteiger partial charge is 0.177 e. The van der Waals surface area contributed by atoms with Crippen LogP contribution in [0.5, 0.6) is 0 Å². The van der Waals surface area contributed by atoms with Crippen LogP contribution in [-0.4, -0.2) is 34.7 Å². The maximum Gasteiger partial charge on any atom is 0.177 e. The van der Waals surface area contributed by atoms with Gasteiger partial charge in [-0.1, -0.05) is 16.8 Å². The first kappa shape index (κ1) is 15.5. The van der Waals surface area contributed by atoms with Crippen molar-refractivity contribution in [3.05, 3.63) is 23.0 Å². The number of aromatic nitrogens is 1. The number of halogens is 3. The predicted molar refractivity (Wildman–Crippen MR) is 89.9 cm³/mol. The summed E-state index contributed by atoms with van der Waals surface area (Å²) in [7, 11) is 0. The fourth-order valence-electron chi connectivity index (χ4n) is 4.51. The van der Waals surface area contributed by atoms with E-state index in [9.17, 15) is 4.39 Å². The predicted octanol–water partition coefficient (Wildman–Crippen LogP) is 4.08. The molecule has 0 radical (unpaired) electrons. The highest BCUT2D eigenvalue weighted by Gasteiger charge is 2.60. The highest BCUT2D eigenvalue weighted by atomic mass is 35.5. The van der Waals surface area contributed by atoms with E-state index in [1.165, 1.54) is 50.9 Å². The van der Waals surface area contributed by atoms with Gasteiger partial charge in [0.1, 0.15) is 5.82 Å². The van der Waals surface area contributed by atoms with Crippen LogP contribution in [0, 0.1) is 11.7 Å². The molecule has 2 aromatic rings. The topological polar surface area (TPSA) is 41.3 Å². The van der Waals surface area contributed by atoms with E-state index >= 15 is 0 Å². The monoisotopic (exact) mass is 357 g/mol. The fourth-order valence-corrected chi connectivity index (χ4v) is 4.66. The van der Waals surface area contributed by atoms with Gasteiger partial charge in [0.15, 0.2) is 11.4 Å². The number of hydrogen-bond acceptors (Lipinski definition) is 4. The Morgan fingerprint density at radius 3 is 2.74 bits per heavy atom. The summed E-state index contributed by atoms with van der Waals surface area (Å²) in [4.78, 5) is 2.63. The summed E-state index contributed by atoms with van der Waals surface area (Å²) < 4.78 is 19.1. The molecular formula is C16H18Cl2FN3O. The highest BCUT2D eigenvalue weighted by Crippen LogP contribution is 2.54. The van der Waals surface area contributed by atoms with E-state index in [0.29, 0.717) is 34.3 Å². The lowest BCUT2D eigenvalue weighted by Gasteiger charge is -2.52. The summed E-state index contributed by atoms with van der Waals surface area (Å²) in [5.41, 5.74) is 0.831. The second-order valence-corrected chi connectivity index (χ2v) is 7.25. The van der Waals surface area contributed by atoms with Crippen molar-refractivity contribution < 1.29 is 8.91 Å². The molecule has 4 nitrogen and oxygen atoms in total. The summed E-state index contributed by atoms with van der Waals surface area (Å²) in [6.45, 7) is 2.43. The number of piperidine rings is 3. The number of rotatable bonds is 2. The summed E-state index contributed by atoms with van der Waals surface area (Å²) in [5, 5.41) is 8.44. The molecule has 1 aromatic heterocycles. The molecular weight excluding hydrogens is 340 g/mol. The molecule has 3 saturated heterocycles. The van der Waals surface area contributed by atoms with Crippen molar-refractivity contribution in [3.63, 3.8) is 0 Å². The molecule has 0 amide bonds. The largest absolute Gasteiger partial charge is 0.362 e. The van der Waals surface area contributed by atoms with Crippen LogP contribution < -0.4 is 5.32 Å². The first-order chi connectivity index (χ1) is 10.7. The van der Waals surface area contributed by atoms with Crippen LogP contribution >= 0.6 is 24.0 Å². The summed E-state index contributed by atoms with van der Waals surface area (Å²) >= 11 is 5.81. The van der Waals surface area contributed by atoms with Gasteiger partial charge in [-0.2, -0.15) is 0 Å². The van der Waals surface area contributed by atoms with Crippen LogP contribution in [-0.2, 0) is 0 Å². The average molecular weight is 358 g/mol. The van der Waals surface area contributed by atoms with Crippen molar-refractivity contribution >= 4 is 40.8 Å². The molecule has 1 aromatic carbocycles. The summed E-state index contributed by atoms with van der Waals surface area (Å²) in [6, 6.07) is 3.30. The molecule has 6 rings (SSSR count). The molecule has 1 atom stereocenters. The van der Waals surface area contributed by atoms with Crippen LogP contribution in [0.2, 0.25) is 5.02 Å². The Hall–Kier alpha value is -1.04. The molecule has 4 aliphatic rings. The minimum atomic E-state index is -0.435. The van der Waals surface area contributed by atoms with Gasteiger partial charge < -0.3 is 9.84 Å². The highest BCUT2D eigenvalue weighted by molar-refractivity contribution is 6.31. The Morgan fingerprint density at radius 2 is 2.04 bits per heavy atom. The van der Waals surface area contributed by atoms with Crippen molar-refractivity contribution in [1.29, 1.82) is 0 Å². The van der Waals surface area contributed by atoms with Crippen molar-refractivity contribution in [3.8, 4) is 0 Å². The average Bonchev–Trinajstić information content (AvgIpc) is 3.22. The van der Waals surface area contributed by atoms with Gasteiger partial charge in [0, 0.05) is 17.6 Å². The second-order valence-electron chi connectivity index (χ2n) is 6.84. The fraction of sp³-hybridized carbons (Fsp3) is 0.562. The van der Waals surface area contributed by atoms with E-state index in [1.54, 1.807) is 0 Å². The number of hydrogen-bond donors (Lipinski definition) is 1. The minimum absolute atomic E-state index is 0. The van der Waals surface area contributed by atoms with Gasteiger partial charge in [-0.15, -0.1) is 12.4 Å². The number of fused-ring (bicyclic) bond motifs is 3. The van der Waals surface area contributed by atoms with Crippen LogP contribution in [0.1, 0.15) is 25.7 Å². The Labute approximate surface area is 144 Å². The molecule has 4 fully saturated rings. The molecule has 4 heterocycles. The Balaban J connectivity index is 0.00000135. The molecule has 23 heavy (non-hydrogen) atoms. The molecule has 1 aliphatic carbocycles. The minimum Gasteiger partial charge on any atom is -0.362 e. The first-order valence-electron chi connectivity index (χ1n) is 7.93. The number of nitrogens with one attached hydrogen (secondary N) is 1. The van der Waals surface area contributed by atoms with E-state index in [2.05, 4.69) is 15.4 Å². The molecule has 7 heteroatoms. The Kier molecular flexibility index (Phi) is 3.52. The third-order valence-electron chi connectivity index (χ3n) is 5.79. The van der Waals surface area contributed by atoms with Crippen molar-refractivity contribution in [2.24, 2.45) is 5.92 Å². The lowest BCUT2D eigenvalue weighted by atomic mass is 9.77. The third kappa shape index (κ3) is 2.17. The van der Waals surface area contributed by atoms with Gasteiger partial charge in [-0.25, -0.2) is 4.39 Å². The summed E-state index contributed by atoms with van der Waals surface area (Å²) in [6.07, 6.45) is 4.96. The van der Waals surface area contributed by atoms with E-state index < -0.39 is 5.82 Å². The molecule has 124 valence electrons. The van der Waals surface area contributed by atoms with E-state index in [-0.39, 0.29) is 17.4 Å². The molecule has 1 spiro atoms. The third-order valence-corrected chi connectivity index (χ3v) is 6.08. The normalized spacial score (nSPS) is 30.4. The van der Waals surface area contributed by atoms with Crippen LogP contribution in [0.4, 0.5) is 10.2 Å². The lowest BCUT2D eigenvalue weighted by molar-refractivity contribution is 0.0202. The van der Waals surface area contributed by atoms with Gasteiger partial charge in [0.2, 0.25) is 0 Å². The molecule has 1 saturated carbocycles. The van der Waals surface area contributed by atoms with Crippen molar-refractivity contribution in [2.45, 2.75) is 37.3 Å². The van der Waals surface area contributed by atoms with Crippen LogP contribution in [0.3, 0.4) is 0 Å². The summed E-state index contributed by atoms with van der Waals surface area (Å²) in [5.74, 6) is 0.891. The van der Waals surface area contributed by atoms with Gasteiger partial charge in [0.05, 0.1) is 10.4 Å². The van der Waals surface area contributed by atoms with E-state index in [4.69, 9.17) is 16.1 Å². The lowest BCUT2D eigenvalue weighted by Crippen LogP contribution is -2.62. The standard InChI is InChI=1S/C16H17ClFN3O.ClH/c17-11-8-13-10(7-12(11)18)15(20-22-13)19-14-9-1-5-21(6-2-9)16(14)3-4-16;/h7-9,14H,1-6H2,(H,19,20);1H/t14-;/m1./s1. The quantitative estimate of drug-likeness (QED) is 0.878. The van der Waals surface area contributed by atoms with E-state index in [1.807, 2.05) is 0 Å². The van der Waals surface area contributed by atoms with E-state index in [0.717, 1.165) is 0 Å². The Bertz CT molecular complexity index is 753. The van der Waals surface area contributed by atoms with Crippen LogP contribution in [0.15, 0.2) is 16.7 Å². The SMILES string of the molecule is Cl.Fc1cc2c(N[C@@H]3C4CCN(CC4)C34CC4)noc2cc1Cl. The second kappa shape index (κ2) is 5.23. The first-order valence-corrected chi connectivity index (χ1v) is 8.31. The Morgan fingerprint density at radius 1 is 1.30 bits per heavy atom. The number of nitrogens with zero attached hydrogens (tertiary/aromatic N) is 2. The van der Waals surface area contributed by atoms with Gasteiger partial charge in [0.25, 0.3) is 0 Å². The zero-order valence-corrected chi connectivity index (χ0v) is 14.1.